The van der Waals surface area contributed by atoms with Crippen LogP contribution in [0.25, 0.3) is 0 Å². The zero-order valence-corrected chi connectivity index (χ0v) is 14.8. The first kappa shape index (κ1) is 17.4. The van der Waals surface area contributed by atoms with Gasteiger partial charge in [0.2, 0.25) is 0 Å². The fourth-order valence-corrected chi connectivity index (χ4v) is 5.74. The molecule has 0 atom stereocenters. The van der Waals surface area contributed by atoms with Gasteiger partial charge in [-0.05, 0) is 39.5 Å². The highest BCUT2D eigenvalue weighted by molar-refractivity contribution is 6.53. The van der Waals surface area contributed by atoms with E-state index in [-0.39, 0.29) is 12.2 Å². The molecule has 2 fully saturated rings. The third-order valence-electron chi connectivity index (χ3n) is 4.37. The summed E-state index contributed by atoms with van der Waals surface area (Å²) in [5.74, 6) is 0. The molecule has 0 radical (unpaired) electrons. The predicted molar refractivity (Wildman–Crippen MR) is 84.9 cm³/mol. The van der Waals surface area contributed by atoms with E-state index in [1.807, 2.05) is 13.8 Å². The first-order valence-electron chi connectivity index (χ1n) is 8.91. The minimum atomic E-state index is -2.97. The van der Waals surface area contributed by atoms with Gasteiger partial charge in [0.1, 0.15) is 0 Å². The standard InChI is InChI=1S/C16H32O4Si/c1-3-17-21(18-4-2,19-15-11-7-5-8-12-15)20-16-13-9-6-10-14-16/h15-16H,3-14H2,1-2H3. The fraction of sp³-hybridized carbons (Fsp3) is 1.00. The molecule has 21 heavy (non-hydrogen) atoms. The summed E-state index contributed by atoms with van der Waals surface area (Å²) in [5.41, 5.74) is 0. The normalized spacial score (nSPS) is 22.6. The van der Waals surface area contributed by atoms with Crippen LogP contribution in [0, 0.1) is 0 Å². The molecule has 0 aromatic rings. The third kappa shape index (κ3) is 5.64. The van der Waals surface area contributed by atoms with Gasteiger partial charge in [-0.3, -0.25) is 0 Å². The van der Waals surface area contributed by atoms with Crippen LogP contribution in [0.15, 0.2) is 0 Å². The molecule has 2 aliphatic carbocycles. The Morgan fingerprint density at radius 1 is 0.667 bits per heavy atom. The van der Waals surface area contributed by atoms with E-state index in [9.17, 15) is 0 Å². The van der Waals surface area contributed by atoms with E-state index in [2.05, 4.69) is 0 Å². The lowest BCUT2D eigenvalue weighted by Gasteiger charge is -2.36. The van der Waals surface area contributed by atoms with Crippen LogP contribution in [-0.4, -0.2) is 34.5 Å². The Hall–Kier alpha value is 0.0569. The molecule has 2 saturated carbocycles. The van der Waals surface area contributed by atoms with Crippen molar-refractivity contribution < 1.29 is 17.7 Å². The first-order valence-corrected chi connectivity index (χ1v) is 10.5. The summed E-state index contributed by atoms with van der Waals surface area (Å²) in [6, 6.07) is 0. The second-order valence-electron chi connectivity index (χ2n) is 6.12. The second-order valence-corrected chi connectivity index (χ2v) is 8.17. The Morgan fingerprint density at radius 3 is 1.38 bits per heavy atom. The quantitative estimate of drug-likeness (QED) is 0.629. The fourth-order valence-electron chi connectivity index (χ4n) is 3.33. The van der Waals surface area contributed by atoms with Gasteiger partial charge in [0, 0.05) is 13.2 Å². The second kappa shape index (κ2) is 9.25. The van der Waals surface area contributed by atoms with Crippen LogP contribution in [0.4, 0.5) is 0 Å². The zero-order valence-electron chi connectivity index (χ0n) is 13.8. The van der Waals surface area contributed by atoms with E-state index < -0.39 is 9.05 Å². The van der Waals surface area contributed by atoms with Crippen LogP contribution in [0.3, 0.4) is 0 Å². The van der Waals surface area contributed by atoms with Crippen molar-refractivity contribution in [3.05, 3.63) is 0 Å². The molecule has 0 saturated heterocycles. The summed E-state index contributed by atoms with van der Waals surface area (Å²) >= 11 is 0. The van der Waals surface area contributed by atoms with Gasteiger partial charge < -0.3 is 17.7 Å². The Balaban J connectivity index is 1.98. The van der Waals surface area contributed by atoms with Gasteiger partial charge in [-0.1, -0.05) is 38.5 Å². The SMILES string of the molecule is CCO[Si](OCC)(OC1CCCCC1)OC1CCCCC1. The van der Waals surface area contributed by atoms with Crippen molar-refractivity contribution in [1.29, 1.82) is 0 Å². The predicted octanol–water partition coefficient (Wildman–Crippen LogP) is 4.19. The van der Waals surface area contributed by atoms with Crippen LogP contribution in [0.2, 0.25) is 0 Å². The van der Waals surface area contributed by atoms with Crippen molar-refractivity contribution in [1.82, 2.24) is 0 Å². The maximum absolute atomic E-state index is 6.33. The van der Waals surface area contributed by atoms with E-state index in [0.29, 0.717) is 13.2 Å². The molecule has 0 bridgehead atoms. The lowest BCUT2D eigenvalue weighted by Crippen LogP contribution is -2.54. The van der Waals surface area contributed by atoms with Crippen molar-refractivity contribution in [3.63, 3.8) is 0 Å². The average Bonchev–Trinajstić information content (AvgIpc) is 2.50. The highest BCUT2D eigenvalue weighted by Gasteiger charge is 2.49. The molecule has 124 valence electrons. The molecule has 0 unspecified atom stereocenters. The van der Waals surface area contributed by atoms with Crippen LogP contribution in [0.1, 0.15) is 78.1 Å². The summed E-state index contributed by atoms with van der Waals surface area (Å²) in [7, 11) is -2.97. The highest BCUT2D eigenvalue weighted by Crippen LogP contribution is 2.29. The van der Waals surface area contributed by atoms with Crippen molar-refractivity contribution in [3.8, 4) is 0 Å². The summed E-state index contributed by atoms with van der Waals surface area (Å²) < 4.78 is 24.6. The minimum Gasteiger partial charge on any atom is -0.351 e. The maximum atomic E-state index is 6.33. The van der Waals surface area contributed by atoms with Crippen molar-refractivity contribution in [2.45, 2.75) is 90.3 Å². The molecule has 0 aliphatic heterocycles. The van der Waals surface area contributed by atoms with Crippen LogP contribution in [0.5, 0.6) is 0 Å². The molecule has 2 rings (SSSR count). The Morgan fingerprint density at radius 2 is 1.05 bits per heavy atom. The number of hydrogen-bond acceptors (Lipinski definition) is 4. The van der Waals surface area contributed by atoms with Crippen LogP contribution < -0.4 is 0 Å². The smallest absolute Gasteiger partial charge is 0.351 e. The molecule has 0 heterocycles. The average molecular weight is 317 g/mol. The highest BCUT2D eigenvalue weighted by atomic mass is 28.4. The molecule has 2 aliphatic rings. The topological polar surface area (TPSA) is 36.9 Å². The van der Waals surface area contributed by atoms with Crippen molar-refractivity contribution in [2.75, 3.05) is 13.2 Å². The van der Waals surface area contributed by atoms with E-state index in [0.717, 1.165) is 25.7 Å². The molecule has 0 spiro atoms. The number of rotatable bonds is 8. The molecule has 4 nitrogen and oxygen atoms in total. The lowest BCUT2D eigenvalue weighted by molar-refractivity contribution is -0.0820. The maximum Gasteiger partial charge on any atom is 0.680 e. The molecular formula is C16H32O4Si. The summed E-state index contributed by atoms with van der Waals surface area (Å²) in [4.78, 5) is 0. The largest absolute Gasteiger partial charge is 0.680 e. The third-order valence-corrected chi connectivity index (χ3v) is 6.90. The van der Waals surface area contributed by atoms with Gasteiger partial charge in [0.05, 0.1) is 12.2 Å². The van der Waals surface area contributed by atoms with Crippen molar-refractivity contribution in [2.24, 2.45) is 0 Å². The van der Waals surface area contributed by atoms with Crippen molar-refractivity contribution >= 4 is 9.05 Å². The Bertz CT molecular complexity index is 247. The lowest BCUT2D eigenvalue weighted by atomic mass is 9.98. The van der Waals surface area contributed by atoms with Gasteiger partial charge in [0.25, 0.3) is 0 Å². The molecule has 0 aromatic heterocycles. The number of hydrogen-bond donors (Lipinski definition) is 0. The summed E-state index contributed by atoms with van der Waals surface area (Å²) in [6.45, 7) is 5.17. The van der Waals surface area contributed by atoms with Gasteiger partial charge in [-0.25, -0.2) is 0 Å². The Kier molecular flexibility index (Phi) is 7.67. The van der Waals surface area contributed by atoms with E-state index in [1.165, 1.54) is 38.5 Å². The molecular weight excluding hydrogens is 284 g/mol. The van der Waals surface area contributed by atoms with E-state index >= 15 is 0 Å². The van der Waals surface area contributed by atoms with Gasteiger partial charge in [-0.2, -0.15) is 0 Å². The molecule has 0 amide bonds. The van der Waals surface area contributed by atoms with Gasteiger partial charge >= 0.3 is 9.05 Å². The summed E-state index contributed by atoms with van der Waals surface area (Å²) in [5, 5.41) is 0. The first-order chi connectivity index (χ1) is 10.3. The van der Waals surface area contributed by atoms with Crippen LogP contribution in [-0.2, 0) is 17.7 Å². The molecule has 0 N–H and O–H groups in total. The minimum absolute atomic E-state index is 0.257. The summed E-state index contributed by atoms with van der Waals surface area (Å²) in [6.07, 6.45) is 12.6. The van der Waals surface area contributed by atoms with E-state index in [1.54, 1.807) is 0 Å². The monoisotopic (exact) mass is 316 g/mol. The molecule has 5 heteroatoms. The van der Waals surface area contributed by atoms with Gasteiger partial charge in [-0.15, -0.1) is 0 Å². The molecule has 0 aromatic carbocycles. The van der Waals surface area contributed by atoms with E-state index in [4.69, 9.17) is 17.7 Å². The van der Waals surface area contributed by atoms with Gasteiger partial charge in [0.15, 0.2) is 0 Å². The zero-order chi connectivity index (χ0) is 15.0. The van der Waals surface area contributed by atoms with Crippen LogP contribution >= 0.6 is 0 Å². The Labute approximate surface area is 131 Å².